The minimum atomic E-state index is 0.104. The summed E-state index contributed by atoms with van der Waals surface area (Å²) in [5.74, 6) is 1.31. The van der Waals surface area contributed by atoms with Crippen LogP contribution in [0.5, 0.6) is 0 Å². The molecule has 21 heavy (non-hydrogen) atoms. The number of nitrogens with two attached hydrogens (primary N) is 1. The van der Waals surface area contributed by atoms with Gasteiger partial charge in [-0.1, -0.05) is 0 Å². The zero-order chi connectivity index (χ0) is 14.8. The molecule has 2 aromatic heterocycles. The third kappa shape index (κ3) is 3.05. The Hall–Kier alpha value is -1.96. The number of aryl methyl sites for hydroxylation is 1. The Balaban J connectivity index is 1.65. The Labute approximate surface area is 126 Å². The third-order valence-corrected chi connectivity index (χ3v) is 4.51. The van der Waals surface area contributed by atoms with Crippen LogP contribution >= 0.6 is 11.3 Å². The molecule has 0 bridgehead atoms. The molecule has 2 N–H and O–H groups in total. The number of piperidine rings is 1. The van der Waals surface area contributed by atoms with Crippen molar-refractivity contribution in [2.24, 2.45) is 7.05 Å². The first-order valence-electron chi connectivity index (χ1n) is 6.95. The minimum absolute atomic E-state index is 0.104. The second kappa shape index (κ2) is 5.80. The first-order valence-corrected chi connectivity index (χ1v) is 7.83. The lowest BCUT2D eigenvalue weighted by atomic mass is 9.97. The topological polar surface area (TPSA) is 89.9 Å². The number of hydrogen-bond donors (Lipinski definition) is 1. The molecule has 1 aliphatic rings. The summed E-state index contributed by atoms with van der Waals surface area (Å²) in [7, 11) is 1.94. The van der Waals surface area contributed by atoms with Crippen molar-refractivity contribution in [1.82, 2.24) is 24.6 Å². The van der Waals surface area contributed by atoms with E-state index in [0.29, 0.717) is 18.1 Å². The van der Waals surface area contributed by atoms with E-state index in [2.05, 4.69) is 15.2 Å². The number of carbonyl (C=O) groups is 1. The number of amides is 1. The van der Waals surface area contributed by atoms with Crippen LogP contribution in [0.3, 0.4) is 0 Å². The number of likely N-dealkylation sites (tertiary alicyclic amines) is 1. The van der Waals surface area contributed by atoms with Crippen molar-refractivity contribution in [2.45, 2.75) is 25.2 Å². The molecular weight excluding hydrogens is 288 g/mol. The average molecular weight is 306 g/mol. The lowest BCUT2D eigenvalue weighted by molar-refractivity contribution is -0.131. The molecule has 1 saturated heterocycles. The fraction of sp³-hybridized carbons (Fsp3) is 0.538. The van der Waals surface area contributed by atoms with Crippen LogP contribution in [0.4, 0.5) is 5.13 Å². The monoisotopic (exact) mass is 306 g/mol. The Morgan fingerprint density at radius 1 is 1.57 bits per heavy atom. The summed E-state index contributed by atoms with van der Waals surface area (Å²) in [4.78, 5) is 18.4. The highest BCUT2D eigenvalue weighted by molar-refractivity contribution is 7.13. The fourth-order valence-electron chi connectivity index (χ4n) is 2.75. The summed E-state index contributed by atoms with van der Waals surface area (Å²) in [6.07, 6.45) is 4.05. The van der Waals surface area contributed by atoms with Crippen molar-refractivity contribution >= 4 is 22.4 Å². The number of hydrogen-bond acceptors (Lipinski definition) is 6. The molecule has 0 aliphatic carbocycles. The zero-order valence-corrected chi connectivity index (χ0v) is 12.7. The molecule has 1 aliphatic heterocycles. The summed E-state index contributed by atoms with van der Waals surface area (Å²) >= 11 is 1.37. The number of carbonyl (C=O) groups excluding carboxylic acids is 1. The van der Waals surface area contributed by atoms with E-state index in [1.165, 1.54) is 11.3 Å². The van der Waals surface area contributed by atoms with Gasteiger partial charge in [-0.2, -0.15) is 0 Å². The van der Waals surface area contributed by atoms with E-state index < -0.39 is 0 Å². The third-order valence-electron chi connectivity index (χ3n) is 3.79. The summed E-state index contributed by atoms with van der Waals surface area (Å²) in [5.41, 5.74) is 6.35. The maximum atomic E-state index is 12.4. The number of nitrogen functional groups attached to an aromatic ring is 1. The number of rotatable bonds is 3. The lowest BCUT2D eigenvalue weighted by Gasteiger charge is -2.32. The van der Waals surface area contributed by atoms with Gasteiger partial charge in [-0.05, 0) is 12.8 Å². The van der Waals surface area contributed by atoms with E-state index in [-0.39, 0.29) is 11.8 Å². The molecular formula is C13H18N6OS. The summed E-state index contributed by atoms with van der Waals surface area (Å²) in [6, 6.07) is 0. The molecule has 1 fully saturated rings. The predicted octanol–water partition coefficient (Wildman–Crippen LogP) is 0.802. The van der Waals surface area contributed by atoms with Gasteiger partial charge in [0.2, 0.25) is 5.91 Å². The maximum absolute atomic E-state index is 12.4. The second-order valence-corrected chi connectivity index (χ2v) is 6.22. The Bertz CT molecular complexity index is 636. The SMILES string of the molecule is Cn1cnnc1C1CCCN(C(=O)Cc2csc(N)n2)C1. The van der Waals surface area contributed by atoms with Gasteiger partial charge in [-0.3, -0.25) is 4.79 Å². The van der Waals surface area contributed by atoms with Crippen molar-refractivity contribution in [2.75, 3.05) is 18.8 Å². The van der Waals surface area contributed by atoms with Crippen LogP contribution in [0.2, 0.25) is 0 Å². The lowest BCUT2D eigenvalue weighted by Crippen LogP contribution is -2.40. The average Bonchev–Trinajstić information content (AvgIpc) is 3.07. The molecule has 0 radical (unpaired) electrons. The highest BCUT2D eigenvalue weighted by atomic mass is 32.1. The number of thiazole rings is 1. The highest BCUT2D eigenvalue weighted by Gasteiger charge is 2.27. The van der Waals surface area contributed by atoms with Crippen molar-refractivity contribution in [3.8, 4) is 0 Å². The first-order chi connectivity index (χ1) is 10.1. The molecule has 1 amide bonds. The Kier molecular flexibility index (Phi) is 3.87. The number of aromatic nitrogens is 4. The van der Waals surface area contributed by atoms with Gasteiger partial charge in [0.25, 0.3) is 0 Å². The van der Waals surface area contributed by atoms with E-state index in [4.69, 9.17) is 5.73 Å². The van der Waals surface area contributed by atoms with Crippen molar-refractivity contribution in [3.63, 3.8) is 0 Å². The Morgan fingerprint density at radius 2 is 2.43 bits per heavy atom. The van der Waals surface area contributed by atoms with Gasteiger partial charge in [0.05, 0.1) is 12.1 Å². The van der Waals surface area contributed by atoms with Crippen LogP contribution in [-0.2, 0) is 18.3 Å². The van der Waals surface area contributed by atoms with E-state index in [9.17, 15) is 4.79 Å². The predicted molar refractivity (Wildman–Crippen MR) is 79.8 cm³/mol. The molecule has 1 atom stereocenters. The molecule has 0 spiro atoms. The van der Waals surface area contributed by atoms with Crippen molar-refractivity contribution in [3.05, 3.63) is 23.2 Å². The van der Waals surface area contributed by atoms with Crippen molar-refractivity contribution < 1.29 is 4.79 Å². The highest BCUT2D eigenvalue weighted by Crippen LogP contribution is 2.25. The van der Waals surface area contributed by atoms with Crippen LogP contribution in [0.1, 0.15) is 30.3 Å². The van der Waals surface area contributed by atoms with Crippen molar-refractivity contribution in [1.29, 1.82) is 0 Å². The van der Waals surface area contributed by atoms with Gasteiger partial charge in [-0.15, -0.1) is 21.5 Å². The van der Waals surface area contributed by atoms with E-state index in [0.717, 1.165) is 30.9 Å². The Morgan fingerprint density at radius 3 is 3.10 bits per heavy atom. The van der Waals surface area contributed by atoms with E-state index in [1.807, 2.05) is 21.9 Å². The fourth-order valence-corrected chi connectivity index (χ4v) is 3.31. The molecule has 3 heterocycles. The van der Waals surface area contributed by atoms with Gasteiger partial charge >= 0.3 is 0 Å². The number of anilines is 1. The molecule has 0 aromatic carbocycles. The standard InChI is InChI=1S/C13H18N6OS/c1-18-8-15-17-12(18)9-3-2-4-19(6-9)11(20)5-10-7-21-13(14)16-10/h7-9H,2-6H2,1H3,(H2,14,16). The second-order valence-electron chi connectivity index (χ2n) is 5.33. The van der Waals surface area contributed by atoms with Gasteiger partial charge in [0.1, 0.15) is 12.2 Å². The van der Waals surface area contributed by atoms with Crippen LogP contribution < -0.4 is 5.73 Å². The molecule has 7 nitrogen and oxygen atoms in total. The quantitative estimate of drug-likeness (QED) is 0.906. The van der Waals surface area contributed by atoms with E-state index in [1.54, 1.807) is 6.33 Å². The first kappa shape index (κ1) is 14.0. The van der Waals surface area contributed by atoms with Crippen LogP contribution in [0, 0.1) is 0 Å². The van der Waals surface area contributed by atoms with Gasteiger partial charge in [0, 0.05) is 31.4 Å². The molecule has 1 unspecified atom stereocenters. The van der Waals surface area contributed by atoms with Crippen LogP contribution in [0.25, 0.3) is 0 Å². The smallest absolute Gasteiger partial charge is 0.228 e. The van der Waals surface area contributed by atoms with E-state index >= 15 is 0 Å². The van der Waals surface area contributed by atoms with Gasteiger partial charge < -0.3 is 15.2 Å². The zero-order valence-electron chi connectivity index (χ0n) is 11.9. The molecule has 0 saturated carbocycles. The van der Waals surface area contributed by atoms with Gasteiger partial charge in [0.15, 0.2) is 5.13 Å². The minimum Gasteiger partial charge on any atom is -0.375 e. The molecule has 3 rings (SSSR count). The summed E-state index contributed by atoms with van der Waals surface area (Å²) in [5, 5.41) is 10.4. The molecule has 112 valence electrons. The van der Waals surface area contributed by atoms with Crippen LogP contribution in [0.15, 0.2) is 11.7 Å². The van der Waals surface area contributed by atoms with Crippen LogP contribution in [-0.4, -0.2) is 43.6 Å². The maximum Gasteiger partial charge on any atom is 0.228 e. The largest absolute Gasteiger partial charge is 0.375 e. The summed E-state index contributed by atoms with van der Waals surface area (Å²) in [6.45, 7) is 1.50. The number of nitrogens with zero attached hydrogens (tertiary/aromatic N) is 5. The molecule has 8 heteroatoms. The summed E-state index contributed by atoms with van der Waals surface area (Å²) < 4.78 is 1.93. The normalized spacial score (nSPS) is 18.9. The molecule has 2 aromatic rings. The van der Waals surface area contributed by atoms with Gasteiger partial charge in [-0.25, -0.2) is 4.98 Å².